The summed E-state index contributed by atoms with van der Waals surface area (Å²) in [4.78, 5) is 26.2. The topological polar surface area (TPSA) is 108 Å². The molecule has 5 N–H and O–H groups in total. The Morgan fingerprint density at radius 3 is 2.10 bits per heavy atom. The quantitative estimate of drug-likeness (QED) is 0.323. The number of nitrogens with two attached hydrogens (primary N) is 1. The van der Waals surface area contributed by atoms with Crippen molar-refractivity contribution >= 4 is 11.8 Å². The summed E-state index contributed by atoms with van der Waals surface area (Å²) < 4.78 is 0. The smallest absolute Gasteiger partial charge is 0.267 e. The van der Waals surface area contributed by atoms with Crippen LogP contribution in [-0.4, -0.2) is 47.6 Å². The molecule has 1 unspecified atom stereocenters. The van der Waals surface area contributed by atoms with Gasteiger partial charge in [-0.25, -0.2) is 5.48 Å². The Balaban J connectivity index is 1.57. The number of carbonyl (C=O) groups is 2. The molecule has 0 saturated carbocycles. The molecule has 2 aromatic rings. The molecule has 1 aliphatic heterocycles. The minimum absolute atomic E-state index is 0.126. The zero-order chi connectivity index (χ0) is 22.1. The first kappa shape index (κ1) is 22.5. The van der Waals surface area contributed by atoms with E-state index in [-0.39, 0.29) is 6.54 Å². The fourth-order valence-corrected chi connectivity index (χ4v) is 3.47. The van der Waals surface area contributed by atoms with E-state index in [0.29, 0.717) is 5.56 Å². The monoisotopic (exact) mass is 420 g/mol. The number of nitrogens with zero attached hydrogens (tertiary/aromatic N) is 1. The van der Waals surface area contributed by atoms with Crippen molar-refractivity contribution in [1.29, 1.82) is 0 Å². The van der Waals surface area contributed by atoms with Crippen LogP contribution in [0, 0.1) is 11.8 Å². The SMILES string of the molecule is NCC(NC(=O)c1ccc(C#Cc2ccc(CN3CCCCC3)cc2)cc1)C(=O)NO. The van der Waals surface area contributed by atoms with Crippen LogP contribution in [0.3, 0.4) is 0 Å². The van der Waals surface area contributed by atoms with Crippen LogP contribution in [0.4, 0.5) is 0 Å². The molecule has 3 rings (SSSR count). The average Bonchev–Trinajstić information content (AvgIpc) is 2.82. The molecule has 162 valence electrons. The maximum absolute atomic E-state index is 12.2. The lowest BCUT2D eigenvalue weighted by Gasteiger charge is -2.26. The highest BCUT2D eigenvalue weighted by molar-refractivity contribution is 5.97. The number of hydrogen-bond donors (Lipinski definition) is 4. The van der Waals surface area contributed by atoms with Gasteiger partial charge in [-0.1, -0.05) is 30.4 Å². The molecule has 1 atom stereocenters. The van der Waals surface area contributed by atoms with E-state index in [0.717, 1.165) is 17.7 Å². The maximum Gasteiger partial charge on any atom is 0.267 e. The van der Waals surface area contributed by atoms with Gasteiger partial charge < -0.3 is 11.1 Å². The molecule has 0 aliphatic carbocycles. The van der Waals surface area contributed by atoms with E-state index in [9.17, 15) is 9.59 Å². The van der Waals surface area contributed by atoms with Gasteiger partial charge in [0.1, 0.15) is 6.04 Å². The van der Waals surface area contributed by atoms with Crippen LogP contribution in [0.5, 0.6) is 0 Å². The third-order valence-corrected chi connectivity index (χ3v) is 5.27. The van der Waals surface area contributed by atoms with E-state index in [2.05, 4.69) is 34.2 Å². The minimum Gasteiger partial charge on any atom is -0.339 e. The number of carbonyl (C=O) groups excluding carboxylic acids is 2. The fourth-order valence-electron chi connectivity index (χ4n) is 3.47. The zero-order valence-corrected chi connectivity index (χ0v) is 17.4. The summed E-state index contributed by atoms with van der Waals surface area (Å²) in [6.07, 6.45) is 3.91. The Labute approximate surface area is 182 Å². The number of benzene rings is 2. The first-order chi connectivity index (χ1) is 15.1. The molecule has 2 amide bonds. The van der Waals surface area contributed by atoms with Crippen molar-refractivity contribution in [2.75, 3.05) is 19.6 Å². The Bertz CT molecular complexity index is 940. The molecule has 0 bridgehead atoms. The number of likely N-dealkylation sites (tertiary alicyclic amines) is 1. The molecule has 1 aliphatic rings. The van der Waals surface area contributed by atoms with Gasteiger partial charge in [0.15, 0.2) is 0 Å². The molecule has 1 fully saturated rings. The van der Waals surface area contributed by atoms with Gasteiger partial charge in [-0.2, -0.15) is 0 Å². The van der Waals surface area contributed by atoms with Crippen molar-refractivity contribution in [2.24, 2.45) is 5.73 Å². The van der Waals surface area contributed by atoms with Crippen molar-refractivity contribution in [2.45, 2.75) is 31.8 Å². The van der Waals surface area contributed by atoms with Crippen molar-refractivity contribution in [3.05, 3.63) is 70.8 Å². The molecule has 1 heterocycles. The maximum atomic E-state index is 12.2. The second kappa shape index (κ2) is 11.3. The Hall–Kier alpha value is -3.18. The summed E-state index contributed by atoms with van der Waals surface area (Å²) >= 11 is 0. The number of hydrogen-bond acceptors (Lipinski definition) is 5. The first-order valence-electron chi connectivity index (χ1n) is 10.5. The van der Waals surface area contributed by atoms with E-state index in [4.69, 9.17) is 10.9 Å². The lowest BCUT2D eigenvalue weighted by molar-refractivity contribution is -0.130. The van der Waals surface area contributed by atoms with Gasteiger partial charge in [0, 0.05) is 29.8 Å². The van der Waals surface area contributed by atoms with Gasteiger partial charge >= 0.3 is 0 Å². The van der Waals surface area contributed by atoms with Gasteiger partial charge in [0.25, 0.3) is 11.8 Å². The third kappa shape index (κ3) is 6.66. The normalized spacial score (nSPS) is 14.8. The summed E-state index contributed by atoms with van der Waals surface area (Å²) in [7, 11) is 0. The predicted molar refractivity (Wildman–Crippen MR) is 118 cm³/mol. The first-order valence-corrected chi connectivity index (χ1v) is 10.5. The summed E-state index contributed by atoms with van der Waals surface area (Å²) in [6.45, 7) is 3.22. The van der Waals surface area contributed by atoms with Crippen LogP contribution in [0.1, 0.15) is 46.3 Å². The Morgan fingerprint density at radius 2 is 1.55 bits per heavy atom. The van der Waals surface area contributed by atoms with Crippen molar-refractivity contribution in [3.8, 4) is 11.8 Å². The zero-order valence-electron chi connectivity index (χ0n) is 17.4. The van der Waals surface area contributed by atoms with Crippen LogP contribution in [-0.2, 0) is 11.3 Å². The van der Waals surface area contributed by atoms with Gasteiger partial charge in [-0.3, -0.25) is 19.7 Å². The second-order valence-corrected chi connectivity index (χ2v) is 7.60. The van der Waals surface area contributed by atoms with E-state index in [1.54, 1.807) is 24.3 Å². The van der Waals surface area contributed by atoms with Crippen LogP contribution >= 0.6 is 0 Å². The molecule has 0 radical (unpaired) electrons. The molecular weight excluding hydrogens is 392 g/mol. The molecule has 2 aromatic carbocycles. The van der Waals surface area contributed by atoms with Gasteiger partial charge in [-0.05, 0) is 67.9 Å². The summed E-state index contributed by atoms with van der Waals surface area (Å²) in [5.74, 6) is 5.02. The number of piperidine rings is 1. The van der Waals surface area contributed by atoms with Gasteiger partial charge in [0.2, 0.25) is 0 Å². The average molecular weight is 421 g/mol. The Kier molecular flexibility index (Phi) is 8.19. The summed E-state index contributed by atoms with van der Waals surface area (Å²) in [5, 5.41) is 11.1. The predicted octanol–water partition coefficient (Wildman–Crippen LogP) is 1.63. The Morgan fingerprint density at radius 1 is 0.968 bits per heavy atom. The van der Waals surface area contributed by atoms with Crippen molar-refractivity contribution in [3.63, 3.8) is 0 Å². The lowest BCUT2D eigenvalue weighted by Crippen LogP contribution is -2.50. The number of rotatable bonds is 6. The number of hydroxylamine groups is 1. The molecule has 0 aromatic heterocycles. The fraction of sp³-hybridized carbons (Fsp3) is 0.333. The number of amides is 2. The summed E-state index contributed by atoms with van der Waals surface area (Å²) in [6, 6.07) is 14.1. The molecular formula is C24H28N4O3. The molecule has 7 heteroatoms. The molecule has 0 spiro atoms. The molecule has 7 nitrogen and oxygen atoms in total. The van der Waals surface area contributed by atoms with Crippen LogP contribution < -0.4 is 16.5 Å². The van der Waals surface area contributed by atoms with Crippen molar-refractivity contribution < 1.29 is 14.8 Å². The standard InChI is InChI=1S/C24H28N4O3/c25-16-22(24(30)27-31)26-23(29)21-12-10-19(11-13-21)5-4-18-6-8-20(9-7-18)17-28-14-2-1-3-15-28/h6-13,22,31H,1-3,14-17,25H2,(H,26,29)(H,27,30). The largest absolute Gasteiger partial charge is 0.339 e. The van der Waals surface area contributed by atoms with E-state index in [1.165, 1.54) is 43.4 Å². The summed E-state index contributed by atoms with van der Waals surface area (Å²) in [5.41, 5.74) is 10.3. The van der Waals surface area contributed by atoms with Gasteiger partial charge in [-0.15, -0.1) is 0 Å². The van der Waals surface area contributed by atoms with E-state index in [1.807, 2.05) is 12.1 Å². The highest BCUT2D eigenvalue weighted by Crippen LogP contribution is 2.13. The highest BCUT2D eigenvalue weighted by atomic mass is 16.5. The molecule has 31 heavy (non-hydrogen) atoms. The van der Waals surface area contributed by atoms with Crippen LogP contribution in [0.25, 0.3) is 0 Å². The third-order valence-electron chi connectivity index (χ3n) is 5.27. The second-order valence-electron chi connectivity index (χ2n) is 7.60. The van der Waals surface area contributed by atoms with Crippen LogP contribution in [0.2, 0.25) is 0 Å². The minimum atomic E-state index is -1.00. The highest BCUT2D eigenvalue weighted by Gasteiger charge is 2.19. The lowest BCUT2D eigenvalue weighted by atomic mass is 10.1. The van der Waals surface area contributed by atoms with Crippen LogP contribution in [0.15, 0.2) is 48.5 Å². The van der Waals surface area contributed by atoms with Crippen molar-refractivity contribution in [1.82, 2.24) is 15.7 Å². The van der Waals surface area contributed by atoms with Gasteiger partial charge in [0.05, 0.1) is 0 Å². The van der Waals surface area contributed by atoms with E-state index < -0.39 is 17.9 Å². The van der Waals surface area contributed by atoms with E-state index >= 15 is 0 Å². The number of nitrogens with one attached hydrogen (secondary N) is 2. The molecule has 1 saturated heterocycles.